The molecule has 1 amide bonds. The smallest absolute Gasteiger partial charge is 0.246 e. The van der Waals surface area contributed by atoms with Gasteiger partial charge in [0.15, 0.2) is 0 Å². The van der Waals surface area contributed by atoms with Crippen LogP contribution in [-0.2, 0) is 11.4 Å². The Morgan fingerprint density at radius 3 is 2.47 bits per heavy atom. The minimum Gasteiger partial charge on any atom is -0.489 e. The first-order chi connectivity index (χ1) is 14.8. The van der Waals surface area contributed by atoms with E-state index in [0.29, 0.717) is 25.6 Å². The third kappa shape index (κ3) is 5.23. The fraction of sp³-hybridized carbons (Fsp3) is 0.208. The Balaban J connectivity index is 1.30. The number of amides is 1. The lowest BCUT2D eigenvalue weighted by Crippen LogP contribution is -2.48. The number of piperazine rings is 1. The van der Waals surface area contributed by atoms with E-state index in [4.69, 9.17) is 4.74 Å². The van der Waals surface area contributed by atoms with Gasteiger partial charge in [-0.15, -0.1) is 0 Å². The fourth-order valence-corrected chi connectivity index (χ4v) is 3.30. The summed E-state index contributed by atoms with van der Waals surface area (Å²) in [7, 11) is 0. The highest BCUT2D eigenvalue weighted by molar-refractivity contribution is 5.92. The van der Waals surface area contributed by atoms with Crippen LogP contribution in [0.1, 0.15) is 11.1 Å². The molecule has 0 radical (unpaired) electrons. The standard InChI is InChI=1S/C24H24N4O2/c29-23(27-14-16-28(17-15-27)24-25-12-5-13-26-24)11-10-20-8-4-9-22(18-20)30-19-21-6-2-1-3-7-21/h1-13,18H,14-17,19H2. The number of hydrogen-bond donors (Lipinski definition) is 0. The lowest BCUT2D eigenvalue weighted by Gasteiger charge is -2.34. The van der Waals surface area contributed by atoms with E-state index in [1.807, 2.05) is 65.6 Å². The maximum Gasteiger partial charge on any atom is 0.246 e. The molecule has 0 saturated carbocycles. The number of rotatable bonds is 6. The van der Waals surface area contributed by atoms with E-state index in [1.54, 1.807) is 24.5 Å². The van der Waals surface area contributed by atoms with Crippen molar-refractivity contribution in [2.45, 2.75) is 6.61 Å². The average molecular weight is 400 g/mol. The maximum atomic E-state index is 12.6. The largest absolute Gasteiger partial charge is 0.489 e. The first kappa shape index (κ1) is 19.6. The van der Waals surface area contributed by atoms with Gasteiger partial charge in [-0.05, 0) is 35.4 Å². The second-order valence-corrected chi connectivity index (χ2v) is 7.04. The van der Waals surface area contributed by atoms with Crippen LogP contribution in [0.25, 0.3) is 6.08 Å². The van der Waals surface area contributed by atoms with Crippen molar-refractivity contribution in [2.24, 2.45) is 0 Å². The molecule has 3 aromatic rings. The summed E-state index contributed by atoms with van der Waals surface area (Å²) >= 11 is 0. The predicted octanol–water partition coefficient (Wildman–Crippen LogP) is 3.42. The second-order valence-electron chi connectivity index (χ2n) is 7.04. The summed E-state index contributed by atoms with van der Waals surface area (Å²) in [6.45, 7) is 3.28. The molecule has 1 aliphatic rings. The van der Waals surface area contributed by atoms with Crippen molar-refractivity contribution in [2.75, 3.05) is 31.1 Å². The number of carbonyl (C=O) groups is 1. The van der Waals surface area contributed by atoms with E-state index in [9.17, 15) is 4.79 Å². The molecule has 4 rings (SSSR count). The van der Waals surface area contributed by atoms with Gasteiger partial charge in [0.25, 0.3) is 0 Å². The second kappa shape index (κ2) is 9.69. The average Bonchev–Trinajstić information content (AvgIpc) is 2.83. The molecule has 30 heavy (non-hydrogen) atoms. The van der Waals surface area contributed by atoms with Gasteiger partial charge in [-0.1, -0.05) is 42.5 Å². The van der Waals surface area contributed by atoms with Crippen LogP contribution < -0.4 is 9.64 Å². The molecule has 6 nitrogen and oxygen atoms in total. The Hall–Kier alpha value is -3.67. The molecule has 1 saturated heterocycles. The van der Waals surface area contributed by atoms with E-state index in [2.05, 4.69) is 14.9 Å². The molecule has 0 N–H and O–H groups in total. The van der Waals surface area contributed by atoms with Crippen molar-refractivity contribution in [3.8, 4) is 5.75 Å². The van der Waals surface area contributed by atoms with Crippen LogP contribution in [0.5, 0.6) is 5.75 Å². The summed E-state index contributed by atoms with van der Waals surface area (Å²) in [6, 6.07) is 19.6. The summed E-state index contributed by atoms with van der Waals surface area (Å²) in [5.41, 5.74) is 2.05. The van der Waals surface area contributed by atoms with Crippen molar-refractivity contribution in [3.05, 3.63) is 90.3 Å². The van der Waals surface area contributed by atoms with Crippen molar-refractivity contribution in [1.29, 1.82) is 0 Å². The van der Waals surface area contributed by atoms with Crippen LogP contribution in [0.4, 0.5) is 5.95 Å². The van der Waals surface area contributed by atoms with Crippen LogP contribution in [0.3, 0.4) is 0 Å². The highest BCUT2D eigenvalue weighted by atomic mass is 16.5. The van der Waals surface area contributed by atoms with Crippen molar-refractivity contribution in [3.63, 3.8) is 0 Å². The molecular formula is C24H24N4O2. The lowest BCUT2D eigenvalue weighted by atomic mass is 10.2. The topological polar surface area (TPSA) is 58.6 Å². The van der Waals surface area contributed by atoms with E-state index in [-0.39, 0.29) is 5.91 Å². The van der Waals surface area contributed by atoms with Crippen molar-refractivity contribution >= 4 is 17.9 Å². The zero-order valence-electron chi connectivity index (χ0n) is 16.7. The highest BCUT2D eigenvalue weighted by Crippen LogP contribution is 2.17. The summed E-state index contributed by atoms with van der Waals surface area (Å²) in [5, 5.41) is 0. The Kier molecular flexibility index (Phi) is 6.35. The zero-order chi connectivity index (χ0) is 20.6. The quantitative estimate of drug-likeness (QED) is 0.594. The van der Waals surface area contributed by atoms with E-state index in [0.717, 1.165) is 30.0 Å². The number of carbonyl (C=O) groups excluding carboxylic acids is 1. The lowest BCUT2D eigenvalue weighted by molar-refractivity contribution is -0.126. The fourth-order valence-electron chi connectivity index (χ4n) is 3.30. The molecule has 0 atom stereocenters. The molecule has 0 bridgehead atoms. The van der Waals surface area contributed by atoms with Crippen LogP contribution in [0.2, 0.25) is 0 Å². The molecule has 1 aromatic heterocycles. The van der Waals surface area contributed by atoms with Crippen LogP contribution in [0, 0.1) is 0 Å². The van der Waals surface area contributed by atoms with Gasteiger partial charge < -0.3 is 14.5 Å². The Morgan fingerprint density at radius 2 is 1.70 bits per heavy atom. The predicted molar refractivity (Wildman–Crippen MR) is 117 cm³/mol. The number of benzene rings is 2. The summed E-state index contributed by atoms with van der Waals surface area (Å²) in [4.78, 5) is 25.1. The molecule has 152 valence electrons. The molecule has 1 aliphatic heterocycles. The first-order valence-electron chi connectivity index (χ1n) is 10.0. The third-order valence-electron chi connectivity index (χ3n) is 4.95. The van der Waals surface area contributed by atoms with E-state index < -0.39 is 0 Å². The summed E-state index contributed by atoms with van der Waals surface area (Å²) < 4.78 is 5.86. The number of hydrogen-bond acceptors (Lipinski definition) is 5. The number of ether oxygens (including phenoxy) is 1. The van der Waals surface area contributed by atoms with Crippen molar-refractivity contribution in [1.82, 2.24) is 14.9 Å². The van der Waals surface area contributed by atoms with Gasteiger partial charge in [0.2, 0.25) is 11.9 Å². The Morgan fingerprint density at radius 1 is 0.933 bits per heavy atom. The van der Waals surface area contributed by atoms with Crippen LogP contribution in [-0.4, -0.2) is 47.0 Å². The molecule has 2 aromatic carbocycles. The summed E-state index contributed by atoms with van der Waals surface area (Å²) in [6.07, 6.45) is 6.94. The number of nitrogens with zero attached hydrogens (tertiary/aromatic N) is 4. The molecule has 6 heteroatoms. The summed E-state index contributed by atoms with van der Waals surface area (Å²) in [5.74, 6) is 1.51. The van der Waals surface area contributed by atoms with Gasteiger partial charge in [-0.25, -0.2) is 9.97 Å². The van der Waals surface area contributed by atoms with Crippen LogP contribution in [0.15, 0.2) is 79.1 Å². The zero-order valence-corrected chi connectivity index (χ0v) is 16.7. The Labute approximate surface area is 176 Å². The minimum atomic E-state index is 0.0132. The Bertz CT molecular complexity index is 984. The SMILES string of the molecule is O=C(C=Cc1cccc(OCc2ccccc2)c1)N1CCN(c2ncccn2)CC1. The van der Waals surface area contributed by atoms with Crippen LogP contribution >= 0.6 is 0 Å². The maximum absolute atomic E-state index is 12.6. The van der Waals surface area contributed by atoms with Gasteiger partial charge in [-0.3, -0.25) is 4.79 Å². The normalized spacial score (nSPS) is 14.1. The van der Waals surface area contributed by atoms with Gasteiger partial charge in [-0.2, -0.15) is 0 Å². The number of aromatic nitrogens is 2. The molecule has 0 unspecified atom stereocenters. The number of anilines is 1. The van der Waals surface area contributed by atoms with E-state index in [1.165, 1.54) is 0 Å². The minimum absolute atomic E-state index is 0.0132. The van der Waals surface area contributed by atoms with Crippen molar-refractivity contribution < 1.29 is 9.53 Å². The monoisotopic (exact) mass is 400 g/mol. The van der Waals surface area contributed by atoms with Gasteiger partial charge in [0.05, 0.1) is 0 Å². The highest BCUT2D eigenvalue weighted by Gasteiger charge is 2.20. The molecule has 2 heterocycles. The third-order valence-corrected chi connectivity index (χ3v) is 4.95. The van der Waals surface area contributed by atoms with Gasteiger partial charge in [0.1, 0.15) is 12.4 Å². The molecule has 1 fully saturated rings. The van der Waals surface area contributed by atoms with E-state index >= 15 is 0 Å². The first-order valence-corrected chi connectivity index (χ1v) is 10.0. The molecule has 0 spiro atoms. The van der Waals surface area contributed by atoms with Gasteiger partial charge in [0, 0.05) is 44.6 Å². The van der Waals surface area contributed by atoms with Gasteiger partial charge >= 0.3 is 0 Å². The molecular weight excluding hydrogens is 376 g/mol. The molecule has 0 aliphatic carbocycles.